The highest BCUT2D eigenvalue weighted by atomic mass is 16.6. The Bertz CT molecular complexity index is 1380. The molecule has 0 fully saturated rings. The van der Waals surface area contributed by atoms with Gasteiger partial charge in [0.25, 0.3) is 0 Å². The Balaban J connectivity index is 0.810. The molecule has 0 bridgehead atoms. The lowest BCUT2D eigenvalue weighted by molar-refractivity contribution is -0.0204. The topological polar surface area (TPSA) is 141 Å². The van der Waals surface area contributed by atoms with E-state index in [0.717, 1.165) is 5.56 Å². The zero-order chi connectivity index (χ0) is 37.0. The minimum Gasteiger partial charge on any atom is -0.449 e. The van der Waals surface area contributed by atoms with Crippen molar-refractivity contribution in [2.45, 2.75) is 18.9 Å². The fourth-order valence-corrected chi connectivity index (χ4v) is 5.44. The predicted octanol–water partition coefficient (Wildman–Crippen LogP) is 4.96. The molecular weight excluding hydrogens is 684 g/mol. The van der Waals surface area contributed by atoms with Crippen LogP contribution in [-0.4, -0.2) is 124 Å². The van der Waals surface area contributed by atoms with Crippen LogP contribution < -0.4 is 10.6 Å². The molecule has 0 saturated heterocycles. The number of hydrogen-bond donors (Lipinski definition) is 2. The molecule has 0 atom stereocenters. The fraction of sp³-hybridized carbons (Fsp3) is 0.500. The molecule has 13 nitrogen and oxygen atoms in total. The van der Waals surface area contributed by atoms with Gasteiger partial charge in [0, 0.05) is 25.6 Å². The Hall–Kier alpha value is -4.08. The van der Waals surface area contributed by atoms with E-state index in [2.05, 4.69) is 34.9 Å². The highest BCUT2D eigenvalue weighted by Crippen LogP contribution is 2.44. The van der Waals surface area contributed by atoms with Crippen molar-refractivity contribution in [1.82, 2.24) is 10.6 Å². The van der Waals surface area contributed by atoms with Crippen LogP contribution in [0.5, 0.6) is 0 Å². The van der Waals surface area contributed by atoms with Crippen LogP contribution in [0, 0.1) is 0 Å². The van der Waals surface area contributed by atoms with Crippen molar-refractivity contribution >= 4 is 12.2 Å². The molecule has 13 heteroatoms. The maximum Gasteiger partial charge on any atom is 0.407 e. The van der Waals surface area contributed by atoms with Gasteiger partial charge in [-0.25, -0.2) is 9.59 Å². The van der Waals surface area contributed by atoms with Gasteiger partial charge in [0.05, 0.1) is 85.9 Å². The largest absolute Gasteiger partial charge is 0.449 e. The maximum atomic E-state index is 12.3. The summed E-state index contributed by atoms with van der Waals surface area (Å²) in [5.41, 5.74) is 5.73. The van der Waals surface area contributed by atoms with Crippen molar-refractivity contribution < 1.29 is 52.2 Å². The molecule has 0 aromatic heterocycles. The van der Waals surface area contributed by atoms with E-state index in [1.165, 1.54) is 22.3 Å². The van der Waals surface area contributed by atoms with Crippen molar-refractivity contribution in [2.24, 2.45) is 0 Å². The summed E-state index contributed by atoms with van der Waals surface area (Å²) in [4.78, 5) is 23.9. The van der Waals surface area contributed by atoms with E-state index in [1.54, 1.807) is 0 Å². The highest BCUT2D eigenvalue weighted by Gasteiger charge is 2.28. The summed E-state index contributed by atoms with van der Waals surface area (Å²) in [6.45, 7) is 7.85. The third kappa shape index (κ3) is 17.1. The van der Waals surface area contributed by atoms with Crippen LogP contribution >= 0.6 is 0 Å². The molecule has 53 heavy (non-hydrogen) atoms. The number of nitrogens with one attached hydrogen (secondary N) is 2. The number of carbonyl (C=O) groups excluding carboxylic acids is 2. The molecule has 0 saturated carbocycles. The second kappa shape index (κ2) is 26.6. The fourth-order valence-electron chi connectivity index (χ4n) is 5.44. The van der Waals surface area contributed by atoms with Gasteiger partial charge in [-0.2, -0.15) is 0 Å². The van der Waals surface area contributed by atoms with Gasteiger partial charge in [0.15, 0.2) is 0 Å². The Morgan fingerprint density at radius 3 is 1.40 bits per heavy atom. The minimum atomic E-state index is -0.472. The number of amides is 2. The predicted molar refractivity (Wildman–Crippen MR) is 198 cm³/mol. The molecule has 3 aromatic carbocycles. The third-order valence-electron chi connectivity index (χ3n) is 8.04. The molecule has 1 aliphatic carbocycles. The van der Waals surface area contributed by atoms with Gasteiger partial charge >= 0.3 is 12.2 Å². The zero-order valence-corrected chi connectivity index (χ0v) is 30.5. The van der Waals surface area contributed by atoms with Crippen LogP contribution in [0.25, 0.3) is 11.1 Å². The van der Waals surface area contributed by atoms with E-state index in [9.17, 15) is 9.59 Å². The lowest BCUT2D eigenvalue weighted by Gasteiger charge is -2.14. The van der Waals surface area contributed by atoms with E-state index in [-0.39, 0.29) is 12.5 Å². The van der Waals surface area contributed by atoms with E-state index in [1.807, 2.05) is 54.6 Å². The summed E-state index contributed by atoms with van der Waals surface area (Å²) < 4.78 is 49.2. The molecule has 0 unspecified atom stereocenters. The average molecular weight is 739 g/mol. The first kappa shape index (κ1) is 41.7. The van der Waals surface area contributed by atoms with E-state index in [4.69, 9.17) is 42.6 Å². The van der Waals surface area contributed by atoms with Gasteiger partial charge in [-0.05, 0) is 34.2 Å². The normalized spacial score (nSPS) is 11.9. The quantitative estimate of drug-likeness (QED) is 0.0935. The van der Waals surface area contributed by atoms with E-state index < -0.39 is 12.2 Å². The number of alkyl carbamates (subject to hydrolysis) is 2. The Kier molecular flexibility index (Phi) is 21.0. The molecule has 0 radical (unpaired) electrons. The lowest BCUT2D eigenvalue weighted by Crippen LogP contribution is -2.28. The van der Waals surface area contributed by atoms with E-state index in [0.29, 0.717) is 119 Å². The number of fused-ring (bicyclic) bond motifs is 3. The van der Waals surface area contributed by atoms with Crippen molar-refractivity contribution in [1.29, 1.82) is 0 Å². The molecule has 290 valence electrons. The van der Waals surface area contributed by atoms with Crippen molar-refractivity contribution in [3.63, 3.8) is 0 Å². The first-order valence-electron chi connectivity index (χ1n) is 18.3. The van der Waals surface area contributed by atoms with Crippen LogP contribution in [0.15, 0.2) is 78.9 Å². The molecule has 1 aliphatic rings. The van der Waals surface area contributed by atoms with Crippen LogP contribution in [0.1, 0.15) is 29.0 Å². The number of hydrogen-bond acceptors (Lipinski definition) is 11. The Labute approximate surface area is 312 Å². The summed E-state index contributed by atoms with van der Waals surface area (Å²) in [7, 11) is 0. The molecule has 2 N–H and O–H groups in total. The highest BCUT2D eigenvalue weighted by molar-refractivity contribution is 5.79. The molecular formula is C40H54N2O11. The van der Waals surface area contributed by atoms with Gasteiger partial charge in [-0.15, -0.1) is 0 Å². The molecule has 2 amide bonds. The summed E-state index contributed by atoms with van der Waals surface area (Å²) in [5.74, 6) is 0.0466. The Morgan fingerprint density at radius 1 is 0.453 bits per heavy atom. The number of carbonyl (C=O) groups is 2. The summed E-state index contributed by atoms with van der Waals surface area (Å²) in [6.07, 6.45) is -0.211. The second-order valence-corrected chi connectivity index (χ2v) is 11.9. The lowest BCUT2D eigenvalue weighted by atomic mass is 9.98. The maximum absolute atomic E-state index is 12.3. The molecule has 0 spiro atoms. The molecule has 4 rings (SSSR count). The van der Waals surface area contributed by atoms with Crippen molar-refractivity contribution in [3.8, 4) is 11.1 Å². The van der Waals surface area contributed by atoms with Crippen LogP contribution in [0.4, 0.5) is 9.59 Å². The first-order chi connectivity index (χ1) is 26.2. The Morgan fingerprint density at radius 2 is 0.868 bits per heavy atom. The monoisotopic (exact) mass is 738 g/mol. The van der Waals surface area contributed by atoms with Crippen LogP contribution in [-0.2, 0) is 49.2 Å². The molecule has 0 aliphatic heterocycles. The molecule has 0 heterocycles. The van der Waals surface area contributed by atoms with Crippen LogP contribution in [0.3, 0.4) is 0 Å². The third-order valence-corrected chi connectivity index (χ3v) is 8.04. The second-order valence-electron chi connectivity index (χ2n) is 11.9. The van der Waals surface area contributed by atoms with Gasteiger partial charge < -0.3 is 53.3 Å². The standard InChI is InChI=1S/C40H54N2O11/c43-39(53-32-38-36-13-6-4-11-34(36)35-12-5-7-14-37(35)38)41-15-8-17-45-19-21-47-23-25-49-27-29-51-30-28-50-26-24-48-22-20-46-18-16-42-40(44)52-31-33-9-2-1-3-10-33/h1-7,9-14,38H,8,15-32H2,(H,41,43)(H,42,44). The minimum absolute atomic E-state index is 0.0466. The average Bonchev–Trinajstić information content (AvgIpc) is 3.51. The number of benzene rings is 3. The summed E-state index contributed by atoms with van der Waals surface area (Å²) in [6, 6.07) is 26.1. The van der Waals surface area contributed by atoms with Crippen molar-refractivity contribution in [2.75, 3.05) is 112 Å². The van der Waals surface area contributed by atoms with Gasteiger partial charge in [-0.3, -0.25) is 0 Å². The van der Waals surface area contributed by atoms with E-state index >= 15 is 0 Å². The van der Waals surface area contributed by atoms with Gasteiger partial charge in [-0.1, -0.05) is 78.9 Å². The van der Waals surface area contributed by atoms with Crippen LogP contribution in [0.2, 0.25) is 0 Å². The first-order valence-corrected chi connectivity index (χ1v) is 18.3. The van der Waals surface area contributed by atoms with Gasteiger partial charge in [0.2, 0.25) is 0 Å². The smallest absolute Gasteiger partial charge is 0.407 e. The zero-order valence-electron chi connectivity index (χ0n) is 30.5. The number of ether oxygens (including phenoxy) is 9. The summed E-state index contributed by atoms with van der Waals surface area (Å²) >= 11 is 0. The SMILES string of the molecule is O=C(NCCOCCOCCOCCOCCOCCOCCOCCCNC(=O)OCC1c2ccccc2-c2ccccc21)OCc1ccccc1. The molecule has 3 aromatic rings. The summed E-state index contributed by atoms with van der Waals surface area (Å²) in [5, 5.41) is 5.44. The number of rotatable bonds is 29. The van der Waals surface area contributed by atoms with Crippen molar-refractivity contribution in [3.05, 3.63) is 95.6 Å². The van der Waals surface area contributed by atoms with Gasteiger partial charge in [0.1, 0.15) is 13.2 Å².